The molecule has 2 atom stereocenters. The van der Waals surface area contributed by atoms with Crippen LogP contribution < -0.4 is 5.32 Å². The molecule has 2 aliphatic heterocycles. The minimum atomic E-state index is 0.447. The highest BCUT2D eigenvalue weighted by atomic mass is 16.5. The van der Waals surface area contributed by atoms with Crippen LogP contribution in [0.15, 0.2) is 30.3 Å². The zero-order valence-corrected chi connectivity index (χ0v) is 13.1. The molecule has 0 saturated carbocycles. The molecule has 2 saturated heterocycles. The third-order valence-corrected chi connectivity index (χ3v) is 4.79. The molecule has 2 heterocycles. The summed E-state index contributed by atoms with van der Waals surface area (Å²) in [5.41, 5.74) is 1.43. The Bertz CT molecular complexity index is 414. The van der Waals surface area contributed by atoms with E-state index in [0.29, 0.717) is 18.2 Å². The second kappa shape index (κ2) is 7.39. The van der Waals surface area contributed by atoms with E-state index in [1.807, 2.05) is 0 Å². The SMILES string of the molecule is CC1CCC(CNC2CCN(Cc3ccccc3)CC2)O1. The smallest absolute Gasteiger partial charge is 0.0704 e. The summed E-state index contributed by atoms with van der Waals surface area (Å²) in [4.78, 5) is 2.57. The monoisotopic (exact) mass is 288 g/mol. The van der Waals surface area contributed by atoms with Crippen LogP contribution in [0.5, 0.6) is 0 Å². The van der Waals surface area contributed by atoms with Crippen LogP contribution in [-0.2, 0) is 11.3 Å². The zero-order valence-electron chi connectivity index (χ0n) is 13.1. The largest absolute Gasteiger partial charge is 0.374 e. The highest BCUT2D eigenvalue weighted by molar-refractivity contribution is 5.14. The van der Waals surface area contributed by atoms with E-state index < -0.39 is 0 Å². The molecule has 1 aromatic rings. The molecule has 0 spiro atoms. The molecule has 0 radical (unpaired) electrons. The first-order valence-corrected chi connectivity index (χ1v) is 8.45. The summed E-state index contributed by atoms with van der Waals surface area (Å²) in [6.07, 6.45) is 5.87. The fourth-order valence-electron chi connectivity index (χ4n) is 3.47. The van der Waals surface area contributed by atoms with Crippen LogP contribution >= 0.6 is 0 Å². The Balaban J connectivity index is 1.35. The van der Waals surface area contributed by atoms with Crippen LogP contribution in [0.2, 0.25) is 0 Å². The van der Waals surface area contributed by atoms with E-state index >= 15 is 0 Å². The normalized spacial score (nSPS) is 28.0. The van der Waals surface area contributed by atoms with Crippen molar-refractivity contribution in [2.45, 2.75) is 57.4 Å². The fourth-order valence-corrected chi connectivity index (χ4v) is 3.47. The lowest BCUT2D eigenvalue weighted by atomic mass is 10.0. The second-order valence-electron chi connectivity index (χ2n) is 6.59. The van der Waals surface area contributed by atoms with Gasteiger partial charge in [0.05, 0.1) is 12.2 Å². The molecule has 3 heteroatoms. The van der Waals surface area contributed by atoms with Gasteiger partial charge in [-0.3, -0.25) is 4.90 Å². The molecular weight excluding hydrogens is 260 g/mol. The topological polar surface area (TPSA) is 24.5 Å². The minimum absolute atomic E-state index is 0.447. The number of piperidine rings is 1. The summed E-state index contributed by atoms with van der Waals surface area (Å²) in [6, 6.07) is 11.5. The van der Waals surface area contributed by atoms with Crippen LogP contribution in [0.1, 0.15) is 38.2 Å². The van der Waals surface area contributed by atoms with Crippen LogP contribution in [0.25, 0.3) is 0 Å². The average Bonchev–Trinajstić information content (AvgIpc) is 2.93. The van der Waals surface area contributed by atoms with Gasteiger partial charge in [0, 0.05) is 19.1 Å². The van der Waals surface area contributed by atoms with Crippen molar-refractivity contribution in [1.29, 1.82) is 0 Å². The Labute approximate surface area is 128 Å². The number of hydrogen-bond donors (Lipinski definition) is 1. The first kappa shape index (κ1) is 15.0. The lowest BCUT2D eigenvalue weighted by molar-refractivity contribution is 0.0521. The van der Waals surface area contributed by atoms with Gasteiger partial charge in [-0.1, -0.05) is 30.3 Å². The van der Waals surface area contributed by atoms with Crippen molar-refractivity contribution in [3.63, 3.8) is 0 Å². The molecule has 0 amide bonds. The second-order valence-corrected chi connectivity index (χ2v) is 6.59. The fraction of sp³-hybridized carbons (Fsp3) is 0.667. The van der Waals surface area contributed by atoms with E-state index in [9.17, 15) is 0 Å². The van der Waals surface area contributed by atoms with Gasteiger partial charge in [0.25, 0.3) is 0 Å². The summed E-state index contributed by atoms with van der Waals surface area (Å²) >= 11 is 0. The van der Waals surface area contributed by atoms with Crippen LogP contribution in [0, 0.1) is 0 Å². The van der Waals surface area contributed by atoms with E-state index in [1.165, 1.54) is 44.3 Å². The summed E-state index contributed by atoms with van der Waals surface area (Å²) in [6.45, 7) is 6.72. The van der Waals surface area contributed by atoms with Crippen LogP contribution in [0.3, 0.4) is 0 Å². The van der Waals surface area contributed by atoms with E-state index in [-0.39, 0.29) is 0 Å². The number of benzene rings is 1. The summed E-state index contributed by atoms with van der Waals surface area (Å²) in [5.74, 6) is 0. The Morgan fingerprint density at radius 1 is 1.10 bits per heavy atom. The van der Waals surface area contributed by atoms with Gasteiger partial charge in [0.2, 0.25) is 0 Å². The van der Waals surface area contributed by atoms with Crippen molar-refractivity contribution in [1.82, 2.24) is 10.2 Å². The van der Waals surface area contributed by atoms with Gasteiger partial charge < -0.3 is 10.1 Å². The van der Waals surface area contributed by atoms with Gasteiger partial charge in [0.1, 0.15) is 0 Å². The van der Waals surface area contributed by atoms with Crippen molar-refractivity contribution in [3.05, 3.63) is 35.9 Å². The van der Waals surface area contributed by atoms with Crippen molar-refractivity contribution in [3.8, 4) is 0 Å². The molecule has 3 rings (SSSR count). The molecule has 0 bridgehead atoms. The maximum Gasteiger partial charge on any atom is 0.0704 e. The zero-order chi connectivity index (χ0) is 14.5. The predicted molar refractivity (Wildman–Crippen MR) is 86.3 cm³/mol. The number of likely N-dealkylation sites (tertiary alicyclic amines) is 1. The van der Waals surface area contributed by atoms with Gasteiger partial charge >= 0.3 is 0 Å². The van der Waals surface area contributed by atoms with Crippen LogP contribution in [0.4, 0.5) is 0 Å². The van der Waals surface area contributed by atoms with Crippen LogP contribution in [-0.4, -0.2) is 42.8 Å². The standard InChI is InChI=1S/C18H28N2O/c1-15-7-8-18(21-15)13-19-17-9-11-20(12-10-17)14-16-5-3-2-4-6-16/h2-6,15,17-19H,7-14H2,1H3. The molecule has 2 unspecified atom stereocenters. The molecule has 1 N–H and O–H groups in total. The van der Waals surface area contributed by atoms with E-state index in [1.54, 1.807) is 0 Å². The molecule has 21 heavy (non-hydrogen) atoms. The third-order valence-electron chi connectivity index (χ3n) is 4.79. The molecule has 0 aromatic heterocycles. The Hall–Kier alpha value is -0.900. The molecule has 2 fully saturated rings. The average molecular weight is 288 g/mol. The van der Waals surface area contributed by atoms with E-state index in [0.717, 1.165) is 13.1 Å². The molecule has 2 aliphatic rings. The number of rotatable bonds is 5. The van der Waals surface area contributed by atoms with Gasteiger partial charge in [-0.2, -0.15) is 0 Å². The molecular formula is C18H28N2O. The number of hydrogen-bond acceptors (Lipinski definition) is 3. The van der Waals surface area contributed by atoms with E-state index in [4.69, 9.17) is 4.74 Å². The first-order valence-electron chi connectivity index (χ1n) is 8.45. The quantitative estimate of drug-likeness (QED) is 0.901. The summed E-state index contributed by atoms with van der Waals surface area (Å²) in [7, 11) is 0. The molecule has 116 valence electrons. The lowest BCUT2D eigenvalue weighted by Gasteiger charge is -2.33. The number of nitrogens with one attached hydrogen (secondary N) is 1. The number of nitrogens with zero attached hydrogens (tertiary/aromatic N) is 1. The minimum Gasteiger partial charge on any atom is -0.374 e. The maximum absolute atomic E-state index is 5.88. The molecule has 1 aromatic carbocycles. The summed E-state index contributed by atoms with van der Waals surface area (Å²) in [5, 5.41) is 3.72. The third kappa shape index (κ3) is 4.53. The van der Waals surface area contributed by atoms with Gasteiger partial charge in [-0.05, 0) is 51.3 Å². The Morgan fingerprint density at radius 2 is 1.86 bits per heavy atom. The maximum atomic E-state index is 5.88. The first-order chi connectivity index (χ1) is 10.3. The van der Waals surface area contributed by atoms with Crippen molar-refractivity contribution in [2.75, 3.05) is 19.6 Å². The Kier molecular flexibility index (Phi) is 5.28. The lowest BCUT2D eigenvalue weighted by Crippen LogP contribution is -2.44. The van der Waals surface area contributed by atoms with Gasteiger partial charge in [-0.25, -0.2) is 0 Å². The summed E-state index contributed by atoms with van der Waals surface area (Å²) < 4.78 is 5.88. The highest BCUT2D eigenvalue weighted by Gasteiger charge is 2.24. The van der Waals surface area contributed by atoms with E-state index in [2.05, 4.69) is 47.5 Å². The van der Waals surface area contributed by atoms with Gasteiger partial charge in [0.15, 0.2) is 0 Å². The van der Waals surface area contributed by atoms with Crippen molar-refractivity contribution >= 4 is 0 Å². The highest BCUT2D eigenvalue weighted by Crippen LogP contribution is 2.19. The van der Waals surface area contributed by atoms with Gasteiger partial charge in [-0.15, -0.1) is 0 Å². The predicted octanol–water partition coefficient (Wildman–Crippen LogP) is 2.81. The van der Waals surface area contributed by atoms with Crippen molar-refractivity contribution < 1.29 is 4.74 Å². The number of ether oxygens (including phenoxy) is 1. The Morgan fingerprint density at radius 3 is 2.52 bits per heavy atom. The van der Waals surface area contributed by atoms with Crippen molar-refractivity contribution in [2.24, 2.45) is 0 Å². The molecule has 0 aliphatic carbocycles. The molecule has 3 nitrogen and oxygen atoms in total.